The van der Waals surface area contributed by atoms with Crippen LogP contribution in [0.4, 0.5) is 0 Å². The number of rotatable bonds is 11. The minimum atomic E-state index is -0.761. The maximum absolute atomic E-state index is 10.4. The van der Waals surface area contributed by atoms with E-state index in [1.54, 1.807) is 7.11 Å². The molecular weight excluding hydrogens is 210 g/mol. The lowest BCUT2D eigenvalue weighted by atomic mass is 10.2. The predicted octanol–water partition coefficient (Wildman–Crippen LogP) is 0.882. The summed E-state index contributed by atoms with van der Waals surface area (Å²) >= 11 is 0. The lowest BCUT2D eigenvalue weighted by Crippen LogP contribution is -2.29. The first-order chi connectivity index (χ1) is 7.66. The molecule has 0 aliphatic rings. The number of hydrogen-bond acceptors (Lipinski definition) is 4. The molecule has 0 radical (unpaired) electrons. The molecule has 0 spiro atoms. The summed E-state index contributed by atoms with van der Waals surface area (Å²) in [5, 5.41) is 11.7. The number of unbranched alkanes of at least 4 members (excludes halogenated alkanes) is 1. The van der Waals surface area contributed by atoms with Gasteiger partial charge in [-0.1, -0.05) is 0 Å². The Balaban J connectivity index is 3.11. The van der Waals surface area contributed by atoms with E-state index in [0.717, 1.165) is 26.0 Å². The van der Waals surface area contributed by atoms with E-state index in [2.05, 4.69) is 5.32 Å². The summed E-state index contributed by atoms with van der Waals surface area (Å²) in [7, 11) is 1.65. The summed E-state index contributed by atoms with van der Waals surface area (Å²) < 4.78 is 10.1. The minimum Gasteiger partial charge on any atom is -0.481 e. The third-order valence-corrected chi connectivity index (χ3v) is 2.12. The predicted molar refractivity (Wildman–Crippen MR) is 61.6 cm³/mol. The molecule has 0 aromatic rings. The zero-order chi connectivity index (χ0) is 12.2. The fourth-order valence-corrected chi connectivity index (χ4v) is 1.26. The van der Waals surface area contributed by atoms with Gasteiger partial charge in [0, 0.05) is 19.8 Å². The molecule has 0 heterocycles. The first-order valence-electron chi connectivity index (χ1n) is 5.68. The van der Waals surface area contributed by atoms with Gasteiger partial charge in [-0.25, -0.2) is 0 Å². The first kappa shape index (κ1) is 15.3. The average molecular weight is 233 g/mol. The summed E-state index contributed by atoms with van der Waals surface area (Å²) in [6.45, 7) is 4.72. The van der Waals surface area contributed by atoms with Gasteiger partial charge in [-0.15, -0.1) is 0 Å². The van der Waals surface area contributed by atoms with Crippen molar-refractivity contribution in [2.75, 3.05) is 33.5 Å². The molecule has 0 amide bonds. The Hall–Kier alpha value is -0.650. The quantitative estimate of drug-likeness (QED) is 0.519. The molecule has 16 heavy (non-hydrogen) atoms. The van der Waals surface area contributed by atoms with Crippen LogP contribution in [0.1, 0.15) is 26.2 Å². The van der Waals surface area contributed by atoms with Crippen molar-refractivity contribution in [3.8, 4) is 0 Å². The van der Waals surface area contributed by atoms with Gasteiger partial charge < -0.3 is 19.9 Å². The summed E-state index contributed by atoms with van der Waals surface area (Å²) in [4.78, 5) is 10.4. The normalized spacial score (nSPS) is 12.6. The molecule has 0 saturated carbocycles. The van der Waals surface area contributed by atoms with Crippen LogP contribution in [0.5, 0.6) is 0 Å². The SMILES string of the molecule is COCCOCCCCNC(C)CC(=O)O. The van der Waals surface area contributed by atoms with Gasteiger partial charge in [-0.3, -0.25) is 4.79 Å². The molecule has 1 unspecified atom stereocenters. The van der Waals surface area contributed by atoms with Crippen LogP contribution in [0.15, 0.2) is 0 Å². The van der Waals surface area contributed by atoms with Crippen LogP contribution in [-0.4, -0.2) is 50.6 Å². The summed E-state index contributed by atoms with van der Waals surface area (Å²) in [5.74, 6) is -0.761. The van der Waals surface area contributed by atoms with Crippen LogP contribution in [0.3, 0.4) is 0 Å². The number of methoxy groups -OCH3 is 1. The van der Waals surface area contributed by atoms with E-state index >= 15 is 0 Å². The van der Waals surface area contributed by atoms with Gasteiger partial charge in [0.15, 0.2) is 0 Å². The molecule has 0 aromatic carbocycles. The maximum atomic E-state index is 10.4. The highest BCUT2D eigenvalue weighted by Gasteiger charge is 2.05. The third-order valence-electron chi connectivity index (χ3n) is 2.12. The van der Waals surface area contributed by atoms with Crippen LogP contribution in [0, 0.1) is 0 Å². The van der Waals surface area contributed by atoms with Crippen LogP contribution >= 0.6 is 0 Å². The van der Waals surface area contributed by atoms with E-state index in [0.29, 0.717) is 13.2 Å². The number of aliphatic carboxylic acids is 1. The topological polar surface area (TPSA) is 67.8 Å². The molecular formula is C11H23NO4. The molecule has 5 heteroatoms. The van der Waals surface area contributed by atoms with Crippen molar-refractivity contribution in [1.29, 1.82) is 0 Å². The smallest absolute Gasteiger partial charge is 0.304 e. The van der Waals surface area contributed by atoms with E-state index < -0.39 is 5.97 Å². The monoisotopic (exact) mass is 233 g/mol. The molecule has 5 nitrogen and oxygen atoms in total. The fraction of sp³-hybridized carbons (Fsp3) is 0.909. The summed E-state index contributed by atoms with van der Waals surface area (Å²) in [6.07, 6.45) is 2.15. The van der Waals surface area contributed by atoms with Crippen LogP contribution < -0.4 is 5.32 Å². The molecule has 0 aliphatic heterocycles. The van der Waals surface area contributed by atoms with E-state index in [9.17, 15) is 4.79 Å². The van der Waals surface area contributed by atoms with Crippen molar-refractivity contribution in [3.05, 3.63) is 0 Å². The largest absolute Gasteiger partial charge is 0.481 e. The van der Waals surface area contributed by atoms with Crippen molar-refractivity contribution in [2.24, 2.45) is 0 Å². The minimum absolute atomic E-state index is 0.0342. The van der Waals surface area contributed by atoms with Gasteiger partial charge in [-0.2, -0.15) is 0 Å². The van der Waals surface area contributed by atoms with Crippen LogP contribution in [0.25, 0.3) is 0 Å². The van der Waals surface area contributed by atoms with Crippen molar-refractivity contribution >= 4 is 5.97 Å². The van der Waals surface area contributed by atoms with Crippen molar-refractivity contribution in [1.82, 2.24) is 5.32 Å². The molecule has 96 valence electrons. The van der Waals surface area contributed by atoms with Crippen LogP contribution in [-0.2, 0) is 14.3 Å². The lowest BCUT2D eigenvalue weighted by Gasteiger charge is -2.11. The zero-order valence-electron chi connectivity index (χ0n) is 10.2. The van der Waals surface area contributed by atoms with Crippen LogP contribution in [0.2, 0.25) is 0 Å². The Labute approximate surface area is 97.1 Å². The Morgan fingerprint density at radius 2 is 2.06 bits per heavy atom. The number of nitrogens with one attached hydrogen (secondary N) is 1. The average Bonchev–Trinajstić information content (AvgIpc) is 2.21. The van der Waals surface area contributed by atoms with Gasteiger partial charge in [0.1, 0.15) is 0 Å². The highest BCUT2D eigenvalue weighted by molar-refractivity contribution is 5.67. The molecule has 0 rings (SSSR count). The second kappa shape index (κ2) is 10.9. The van der Waals surface area contributed by atoms with Gasteiger partial charge in [0.05, 0.1) is 19.6 Å². The molecule has 0 aromatic heterocycles. The van der Waals surface area contributed by atoms with E-state index in [4.69, 9.17) is 14.6 Å². The first-order valence-corrected chi connectivity index (χ1v) is 5.68. The van der Waals surface area contributed by atoms with Crippen molar-refractivity contribution < 1.29 is 19.4 Å². The molecule has 2 N–H and O–H groups in total. The third kappa shape index (κ3) is 11.4. The highest BCUT2D eigenvalue weighted by atomic mass is 16.5. The number of carbonyl (C=O) groups is 1. The maximum Gasteiger partial charge on any atom is 0.304 e. The Kier molecular flexibility index (Phi) is 10.4. The highest BCUT2D eigenvalue weighted by Crippen LogP contribution is 1.93. The molecule has 1 atom stereocenters. The standard InChI is InChI=1S/C11H23NO4/c1-10(9-11(13)14)12-5-3-4-6-16-8-7-15-2/h10,12H,3-9H2,1-2H3,(H,13,14). The van der Waals surface area contributed by atoms with E-state index in [1.165, 1.54) is 0 Å². The van der Waals surface area contributed by atoms with Gasteiger partial charge in [-0.05, 0) is 26.3 Å². The van der Waals surface area contributed by atoms with Crippen molar-refractivity contribution in [3.63, 3.8) is 0 Å². The Morgan fingerprint density at radius 3 is 2.69 bits per heavy atom. The number of carboxylic acids is 1. The van der Waals surface area contributed by atoms with E-state index in [1.807, 2.05) is 6.92 Å². The number of hydrogen-bond donors (Lipinski definition) is 2. The van der Waals surface area contributed by atoms with Gasteiger partial charge in [0.25, 0.3) is 0 Å². The second-order valence-electron chi connectivity index (χ2n) is 3.77. The van der Waals surface area contributed by atoms with Crippen molar-refractivity contribution in [2.45, 2.75) is 32.2 Å². The molecule has 0 fully saturated rings. The van der Waals surface area contributed by atoms with Gasteiger partial charge in [0.2, 0.25) is 0 Å². The fourth-order valence-electron chi connectivity index (χ4n) is 1.26. The molecule has 0 saturated heterocycles. The number of ether oxygens (including phenoxy) is 2. The number of carboxylic acid groups (broad SMARTS) is 1. The Morgan fingerprint density at radius 1 is 1.31 bits per heavy atom. The molecule has 0 aliphatic carbocycles. The summed E-state index contributed by atoms with van der Waals surface area (Å²) in [6, 6.07) is 0.0342. The van der Waals surface area contributed by atoms with E-state index in [-0.39, 0.29) is 12.5 Å². The summed E-state index contributed by atoms with van der Waals surface area (Å²) in [5.41, 5.74) is 0. The zero-order valence-corrected chi connectivity index (χ0v) is 10.2. The van der Waals surface area contributed by atoms with Gasteiger partial charge >= 0.3 is 5.97 Å². The molecule has 0 bridgehead atoms. The second-order valence-corrected chi connectivity index (χ2v) is 3.77. The lowest BCUT2D eigenvalue weighted by molar-refractivity contribution is -0.137. The Bertz CT molecular complexity index is 175.